The average molecular weight is 300 g/mol. The van der Waals surface area contributed by atoms with E-state index in [0.29, 0.717) is 26.2 Å². The van der Waals surface area contributed by atoms with Gasteiger partial charge in [0.1, 0.15) is 5.60 Å². The van der Waals surface area contributed by atoms with Crippen LogP contribution >= 0.6 is 15.9 Å². The Morgan fingerprint density at radius 1 is 1.47 bits per heavy atom. The quantitative estimate of drug-likeness (QED) is 0.896. The van der Waals surface area contributed by atoms with Crippen molar-refractivity contribution in [2.45, 2.75) is 25.0 Å². The zero-order chi connectivity index (χ0) is 12.3. The lowest BCUT2D eigenvalue weighted by Gasteiger charge is -2.24. The van der Waals surface area contributed by atoms with Crippen LogP contribution in [0.4, 0.5) is 0 Å². The van der Waals surface area contributed by atoms with E-state index in [0.717, 1.165) is 4.47 Å². The van der Waals surface area contributed by atoms with Crippen LogP contribution in [0.3, 0.4) is 0 Å². The first-order chi connectivity index (χ1) is 8.09. The predicted molar refractivity (Wildman–Crippen MR) is 70.9 cm³/mol. The molecule has 17 heavy (non-hydrogen) atoms. The van der Waals surface area contributed by atoms with E-state index in [-0.39, 0.29) is 6.04 Å². The Bertz CT molecular complexity index is 360. The number of hydrogen-bond donors (Lipinski definition) is 2. The summed E-state index contributed by atoms with van der Waals surface area (Å²) in [6.45, 7) is 3.77. The first kappa shape index (κ1) is 13.0. The fourth-order valence-corrected chi connectivity index (χ4v) is 2.21. The molecule has 1 heterocycles. The van der Waals surface area contributed by atoms with Crippen LogP contribution in [-0.4, -0.2) is 30.5 Å². The molecule has 2 N–H and O–H groups in total. The summed E-state index contributed by atoms with van der Waals surface area (Å²) in [5, 5.41) is 13.5. The van der Waals surface area contributed by atoms with Gasteiger partial charge in [-0.05, 0) is 24.6 Å². The molecule has 1 fully saturated rings. The Morgan fingerprint density at radius 2 is 2.18 bits per heavy atom. The lowest BCUT2D eigenvalue weighted by molar-refractivity contribution is 0.0252. The van der Waals surface area contributed by atoms with E-state index in [1.807, 2.05) is 12.1 Å². The van der Waals surface area contributed by atoms with Crippen molar-refractivity contribution in [2.75, 3.05) is 19.8 Å². The summed E-state index contributed by atoms with van der Waals surface area (Å²) >= 11 is 3.42. The van der Waals surface area contributed by atoms with E-state index < -0.39 is 5.60 Å². The van der Waals surface area contributed by atoms with Gasteiger partial charge in [0.05, 0.1) is 6.61 Å². The van der Waals surface area contributed by atoms with Gasteiger partial charge in [-0.3, -0.25) is 0 Å². The lowest BCUT2D eigenvalue weighted by atomic mass is 10.0. The molecule has 1 aromatic carbocycles. The summed E-state index contributed by atoms with van der Waals surface area (Å²) in [5.41, 5.74) is 0.527. The van der Waals surface area contributed by atoms with Crippen molar-refractivity contribution >= 4 is 15.9 Å². The Hall–Kier alpha value is -0.420. The molecule has 2 rings (SSSR count). The van der Waals surface area contributed by atoms with E-state index in [1.54, 1.807) is 0 Å². The van der Waals surface area contributed by atoms with Gasteiger partial charge in [0.25, 0.3) is 0 Å². The summed E-state index contributed by atoms with van der Waals surface area (Å²) in [4.78, 5) is 0. The van der Waals surface area contributed by atoms with Crippen molar-refractivity contribution in [2.24, 2.45) is 0 Å². The number of hydrogen-bond acceptors (Lipinski definition) is 3. The van der Waals surface area contributed by atoms with Gasteiger partial charge < -0.3 is 15.2 Å². The number of benzene rings is 1. The SMILES string of the molecule is CC(NCC1(O)CCOC1)c1ccc(Br)cc1. The first-order valence-corrected chi connectivity index (χ1v) is 6.67. The molecule has 1 aromatic rings. The minimum absolute atomic E-state index is 0.229. The highest BCUT2D eigenvalue weighted by Gasteiger charge is 2.32. The highest BCUT2D eigenvalue weighted by atomic mass is 79.9. The zero-order valence-corrected chi connectivity index (χ0v) is 11.5. The number of aliphatic hydroxyl groups is 1. The Balaban J connectivity index is 1.88. The third-order valence-electron chi connectivity index (χ3n) is 3.19. The standard InChI is InChI=1S/C13H18BrNO2/c1-10(11-2-4-12(14)5-3-11)15-8-13(16)6-7-17-9-13/h2-5,10,15-16H,6-9H2,1H3. The maximum atomic E-state index is 10.1. The van der Waals surface area contributed by atoms with Crippen molar-refractivity contribution in [3.05, 3.63) is 34.3 Å². The van der Waals surface area contributed by atoms with Crippen LogP contribution in [0.2, 0.25) is 0 Å². The third-order valence-corrected chi connectivity index (χ3v) is 3.72. The molecule has 94 valence electrons. The molecule has 0 aliphatic carbocycles. The van der Waals surface area contributed by atoms with Crippen molar-refractivity contribution in [3.8, 4) is 0 Å². The van der Waals surface area contributed by atoms with Gasteiger partial charge in [-0.15, -0.1) is 0 Å². The third kappa shape index (κ3) is 3.52. The summed E-state index contributed by atoms with van der Waals surface area (Å²) in [6, 6.07) is 8.45. The Morgan fingerprint density at radius 3 is 2.76 bits per heavy atom. The summed E-state index contributed by atoms with van der Waals surface area (Å²) in [6.07, 6.45) is 0.715. The first-order valence-electron chi connectivity index (χ1n) is 5.88. The Labute approximate surface area is 110 Å². The summed E-state index contributed by atoms with van der Waals surface area (Å²) in [5.74, 6) is 0. The largest absolute Gasteiger partial charge is 0.386 e. The molecule has 1 saturated heterocycles. The van der Waals surface area contributed by atoms with Gasteiger partial charge in [0, 0.05) is 30.1 Å². The monoisotopic (exact) mass is 299 g/mol. The van der Waals surface area contributed by atoms with Crippen molar-refractivity contribution < 1.29 is 9.84 Å². The Kier molecular flexibility index (Phi) is 4.20. The van der Waals surface area contributed by atoms with E-state index in [9.17, 15) is 5.11 Å². The van der Waals surface area contributed by atoms with Crippen molar-refractivity contribution in [1.29, 1.82) is 0 Å². The van der Waals surface area contributed by atoms with Crippen LogP contribution in [0, 0.1) is 0 Å². The molecule has 2 unspecified atom stereocenters. The molecule has 1 aliphatic rings. The molecule has 2 atom stereocenters. The van der Waals surface area contributed by atoms with Gasteiger partial charge in [-0.2, -0.15) is 0 Å². The second-order valence-corrected chi connectivity index (χ2v) is 5.60. The van der Waals surface area contributed by atoms with Gasteiger partial charge in [-0.1, -0.05) is 28.1 Å². The van der Waals surface area contributed by atoms with Crippen LogP contribution in [0.15, 0.2) is 28.7 Å². The minimum Gasteiger partial charge on any atom is -0.386 e. The van der Waals surface area contributed by atoms with E-state index in [4.69, 9.17) is 4.74 Å². The number of nitrogens with one attached hydrogen (secondary N) is 1. The smallest absolute Gasteiger partial charge is 0.103 e. The number of rotatable bonds is 4. The maximum absolute atomic E-state index is 10.1. The topological polar surface area (TPSA) is 41.5 Å². The summed E-state index contributed by atoms with van der Waals surface area (Å²) in [7, 11) is 0. The molecule has 0 saturated carbocycles. The second kappa shape index (κ2) is 5.48. The fourth-order valence-electron chi connectivity index (χ4n) is 1.95. The van der Waals surface area contributed by atoms with Gasteiger partial charge in [-0.25, -0.2) is 0 Å². The van der Waals surface area contributed by atoms with Gasteiger partial charge >= 0.3 is 0 Å². The molecule has 0 radical (unpaired) electrons. The fraction of sp³-hybridized carbons (Fsp3) is 0.538. The predicted octanol–water partition coefficient (Wildman–Crippen LogP) is 2.25. The molecule has 1 aliphatic heterocycles. The molecule has 0 bridgehead atoms. The van der Waals surface area contributed by atoms with Crippen LogP contribution in [0.25, 0.3) is 0 Å². The molecule has 0 aromatic heterocycles. The second-order valence-electron chi connectivity index (χ2n) is 4.68. The molecule has 4 heteroatoms. The lowest BCUT2D eigenvalue weighted by Crippen LogP contribution is -2.41. The van der Waals surface area contributed by atoms with E-state index >= 15 is 0 Å². The normalized spacial score (nSPS) is 26.1. The molecule has 0 spiro atoms. The average Bonchev–Trinajstić information content (AvgIpc) is 2.75. The van der Waals surface area contributed by atoms with E-state index in [1.165, 1.54) is 5.56 Å². The molecular weight excluding hydrogens is 282 g/mol. The molecule has 0 amide bonds. The highest BCUT2D eigenvalue weighted by Crippen LogP contribution is 2.20. The van der Waals surface area contributed by atoms with E-state index in [2.05, 4.69) is 40.3 Å². The zero-order valence-electron chi connectivity index (χ0n) is 9.95. The van der Waals surface area contributed by atoms with Crippen LogP contribution in [0.1, 0.15) is 24.9 Å². The number of ether oxygens (including phenoxy) is 1. The van der Waals surface area contributed by atoms with Crippen molar-refractivity contribution in [1.82, 2.24) is 5.32 Å². The minimum atomic E-state index is -0.691. The van der Waals surface area contributed by atoms with Gasteiger partial charge in [0.2, 0.25) is 0 Å². The van der Waals surface area contributed by atoms with Crippen LogP contribution < -0.4 is 5.32 Å². The maximum Gasteiger partial charge on any atom is 0.103 e. The van der Waals surface area contributed by atoms with Crippen LogP contribution in [0.5, 0.6) is 0 Å². The van der Waals surface area contributed by atoms with Crippen LogP contribution in [-0.2, 0) is 4.74 Å². The summed E-state index contributed by atoms with van der Waals surface area (Å²) < 4.78 is 6.30. The highest BCUT2D eigenvalue weighted by molar-refractivity contribution is 9.10. The molecule has 3 nitrogen and oxygen atoms in total. The van der Waals surface area contributed by atoms with Crippen molar-refractivity contribution in [3.63, 3.8) is 0 Å². The number of halogens is 1. The molecular formula is C13H18BrNO2. The van der Waals surface area contributed by atoms with Gasteiger partial charge in [0.15, 0.2) is 0 Å².